The van der Waals surface area contributed by atoms with Crippen molar-refractivity contribution in [3.63, 3.8) is 0 Å². The van der Waals surface area contributed by atoms with E-state index >= 15 is 0 Å². The minimum atomic E-state index is -4.83. The number of benzene rings is 2. The molecule has 1 fully saturated rings. The van der Waals surface area contributed by atoms with Crippen LogP contribution in [0.1, 0.15) is 67.0 Å². The van der Waals surface area contributed by atoms with Crippen LogP contribution in [0.2, 0.25) is 0 Å². The fourth-order valence-corrected chi connectivity index (χ4v) is 5.02. The van der Waals surface area contributed by atoms with Gasteiger partial charge < -0.3 is 14.2 Å². The van der Waals surface area contributed by atoms with Crippen molar-refractivity contribution in [2.24, 2.45) is 0 Å². The predicted octanol–water partition coefficient (Wildman–Crippen LogP) is 9.37. The molecule has 0 amide bonds. The summed E-state index contributed by atoms with van der Waals surface area (Å²) < 4.78 is 112. The summed E-state index contributed by atoms with van der Waals surface area (Å²) in [4.78, 5) is 17.5. The minimum Gasteiger partial charge on any atom is -0.497 e. The largest absolute Gasteiger partial charge is 0.497 e. The van der Waals surface area contributed by atoms with Crippen molar-refractivity contribution >= 4 is 6.09 Å². The van der Waals surface area contributed by atoms with Crippen LogP contribution in [0, 0.1) is 5.82 Å². The molecule has 2 atom stereocenters. The summed E-state index contributed by atoms with van der Waals surface area (Å²) in [7, 11) is 1.51. The van der Waals surface area contributed by atoms with Crippen LogP contribution in [0.4, 0.5) is 35.5 Å². The van der Waals surface area contributed by atoms with Gasteiger partial charge in [-0.3, -0.25) is 9.55 Å². The topological polar surface area (TPSA) is 62.6 Å². The van der Waals surface area contributed by atoms with E-state index in [4.69, 9.17) is 14.2 Å². The van der Waals surface area contributed by atoms with Crippen LogP contribution in [-0.4, -0.2) is 28.4 Å². The second-order valence-corrected chi connectivity index (χ2v) is 11.9. The molecule has 1 saturated carbocycles. The molecule has 0 radical (unpaired) electrons. The van der Waals surface area contributed by atoms with Crippen molar-refractivity contribution in [2.75, 3.05) is 7.11 Å². The second-order valence-electron chi connectivity index (χ2n) is 11.9. The zero-order valence-corrected chi connectivity index (χ0v) is 25.1. The van der Waals surface area contributed by atoms with Gasteiger partial charge in [0.25, 0.3) is 0 Å². The number of pyridine rings is 1. The molecule has 0 bridgehead atoms. The first-order chi connectivity index (χ1) is 21.4. The summed E-state index contributed by atoms with van der Waals surface area (Å²) in [5.41, 5.74) is -2.08. The number of carbonyl (C=O) groups excluding carboxylic acids is 1. The highest BCUT2D eigenvalue weighted by atomic mass is 19.4. The molecule has 244 valence electrons. The fourth-order valence-electron chi connectivity index (χ4n) is 5.02. The Hall–Kier alpha value is -4.55. The highest BCUT2D eigenvalue weighted by Crippen LogP contribution is 2.55. The Bertz CT molecular complexity index is 1740. The molecule has 0 spiro atoms. The third-order valence-corrected chi connectivity index (χ3v) is 7.35. The van der Waals surface area contributed by atoms with E-state index in [2.05, 4.69) is 4.98 Å². The van der Waals surface area contributed by atoms with Gasteiger partial charge in [0, 0.05) is 30.1 Å². The molecule has 2 unspecified atom stereocenters. The van der Waals surface area contributed by atoms with Gasteiger partial charge in [0.1, 0.15) is 29.5 Å². The molecule has 0 saturated heterocycles. The SMILES string of the molecule is COc1ccc(COc2cc(C3CC3c3ccc(C(F)(F)F)c(F)c3)ncc2-c2cc(C(F)(F)F)cn2C(=O)OC(C)(C)C)cc1. The molecule has 2 aromatic carbocycles. The maximum absolute atomic E-state index is 14.3. The van der Waals surface area contributed by atoms with Gasteiger partial charge in [-0.15, -0.1) is 0 Å². The Morgan fingerprint density at radius 1 is 0.935 bits per heavy atom. The monoisotopic (exact) mass is 650 g/mol. The number of methoxy groups -OCH3 is 1. The molecular formula is C33H29F7N2O4. The average molecular weight is 651 g/mol. The number of rotatable bonds is 7. The lowest BCUT2D eigenvalue weighted by Crippen LogP contribution is -2.27. The molecule has 13 heteroatoms. The van der Waals surface area contributed by atoms with Gasteiger partial charge >= 0.3 is 18.4 Å². The maximum Gasteiger partial charge on any atom is 0.419 e. The Morgan fingerprint density at radius 3 is 2.22 bits per heavy atom. The van der Waals surface area contributed by atoms with Crippen molar-refractivity contribution in [3.05, 3.63) is 101 Å². The van der Waals surface area contributed by atoms with Gasteiger partial charge in [-0.1, -0.05) is 18.2 Å². The molecule has 46 heavy (non-hydrogen) atoms. The van der Waals surface area contributed by atoms with E-state index in [-0.39, 0.29) is 35.4 Å². The number of aromatic nitrogens is 2. The minimum absolute atomic E-state index is 0.0159. The second kappa shape index (κ2) is 12.0. The highest BCUT2D eigenvalue weighted by Gasteiger charge is 2.43. The molecule has 0 N–H and O–H groups in total. The Morgan fingerprint density at radius 2 is 1.63 bits per heavy atom. The summed E-state index contributed by atoms with van der Waals surface area (Å²) in [6.45, 7) is 4.71. The number of nitrogens with zero attached hydrogens (tertiary/aromatic N) is 2. The summed E-state index contributed by atoms with van der Waals surface area (Å²) in [5.74, 6) is -1.35. The van der Waals surface area contributed by atoms with Gasteiger partial charge in [-0.05, 0) is 74.6 Å². The lowest BCUT2D eigenvalue weighted by molar-refractivity contribution is -0.140. The quantitative estimate of drug-likeness (QED) is 0.187. The van der Waals surface area contributed by atoms with Gasteiger partial charge in [0.2, 0.25) is 0 Å². The molecule has 2 heterocycles. The lowest BCUT2D eigenvalue weighted by Gasteiger charge is -2.21. The number of carbonyl (C=O) groups is 1. The Labute approximate surface area is 259 Å². The van der Waals surface area contributed by atoms with Crippen molar-refractivity contribution in [1.29, 1.82) is 0 Å². The maximum atomic E-state index is 14.3. The first-order valence-corrected chi connectivity index (χ1v) is 14.1. The van der Waals surface area contributed by atoms with E-state index in [0.29, 0.717) is 41.3 Å². The van der Waals surface area contributed by atoms with Gasteiger partial charge in [-0.2, -0.15) is 26.3 Å². The number of hydrogen-bond acceptors (Lipinski definition) is 5. The van der Waals surface area contributed by atoms with Crippen LogP contribution in [0.15, 0.2) is 67.0 Å². The zero-order valence-electron chi connectivity index (χ0n) is 25.1. The molecular weight excluding hydrogens is 621 g/mol. The average Bonchev–Trinajstić information content (AvgIpc) is 3.63. The number of hydrogen-bond donors (Lipinski definition) is 0. The van der Waals surface area contributed by atoms with E-state index in [9.17, 15) is 35.5 Å². The molecule has 2 aromatic heterocycles. The van der Waals surface area contributed by atoms with Crippen LogP contribution in [0.3, 0.4) is 0 Å². The van der Waals surface area contributed by atoms with E-state index in [1.54, 1.807) is 45.0 Å². The normalized spacial score (nSPS) is 16.7. The molecule has 6 nitrogen and oxygen atoms in total. The van der Waals surface area contributed by atoms with Crippen molar-refractivity contribution in [3.8, 4) is 22.8 Å². The standard InChI is InChI=1S/C33H29F7N2O4/c1-31(2,3)46-30(43)42-16-20(32(35,36)37)12-28(42)24-15-41-27(14-29(24)45-17-18-5-8-21(44-4)9-6-18)23-13-22(23)19-7-10-25(26(34)11-19)33(38,39)40/h5-12,14-16,22-23H,13,17H2,1-4H3. The summed E-state index contributed by atoms with van der Waals surface area (Å²) >= 11 is 0. The molecule has 1 aliphatic rings. The van der Waals surface area contributed by atoms with Gasteiger partial charge in [-0.25, -0.2) is 9.18 Å². The van der Waals surface area contributed by atoms with Crippen LogP contribution >= 0.6 is 0 Å². The van der Waals surface area contributed by atoms with Crippen molar-refractivity contribution < 1.29 is 49.7 Å². The van der Waals surface area contributed by atoms with Crippen molar-refractivity contribution in [1.82, 2.24) is 9.55 Å². The molecule has 0 aliphatic heterocycles. The third kappa shape index (κ3) is 7.29. The van der Waals surface area contributed by atoms with Crippen LogP contribution < -0.4 is 9.47 Å². The number of halogens is 7. The summed E-state index contributed by atoms with van der Waals surface area (Å²) in [6, 6.07) is 12.0. The van der Waals surface area contributed by atoms with Crippen LogP contribution in [0.25, 0.3) is 11.3 Å². The van der Waals surface area contributed by atoms with Gasteiger partial charge in [0.15, 0.2) is 0 Å². The summed E-state index contributed by atoms with van der Waals surface area (Å²) in [6.07, 6.45) is -8.30. The number of alkyl halides is 6. The van der Waals surface area contributed by atoms with E-state index < -0.39 is 41.0 Å². The van der Waals surface area contributed by atoms with E-state index in [1.807, 2.05) is 0 Å². The lowest BCUT2D eigenvalue weighted by atomic mass is 10.0. The molecule has 5 rings (SSSR count). The Balaban J connectivity index is 1.53. The molecule has 1 aliphatic carbocycles. The van der Waals surface area contributed by atoms with E-state index in [1.165, 1.54) is 25.4 Å². The summed E-state index contributed by atoms with van der Waals surface area (Å²) in [5, 5.41) is 0. The highest BCUT2D eigenvalue weighted by molar-refractivity contribution is 5.81. The van der Waals surface area contributed by atoms with Crippen LogP contribution in [-0.2, 0) is 23.7 Å². The zero-order chi connectivity index (χ0) is 33.6. The first kappa shape index (κ1) is 32.8. The van der Waals surface area contributed by atoms with Crippen molar-refractivity contribution in [2.45, 2.75) is 63.6 Å². The first-order valence-electron chi connectivity index (χ1n) is 14.1. The van der Waals surface area contributed by atoms with Crippen LogP contribution in [0.5, 0.6) is 11.5 Å². The predicted molar refractivity (Wildman–Crippen MR) is 153 cm³/mol. The smallest absolute Gasteiger partial charge is 0.419 e. The Kier molecular flexibility index (Phi) is 8.56. The fraction of sp³-hybridized carbons (Fsp3) is 0.333. The van der Waals surface area contributed by atoms with E-state index in [0.717, 1.165) is 16.7 Å². The third-order valence-electron chi connectivity index (χ3n) is 7.35. The molecule has 4 aromatic rings. The van der Waals surface area contributed by atoms with Gasteiger partial charge in [0.05, 0.1) is 29.5 Å². The number of ether oxygens (including phenoxy) is 3.